The molecule has 1 N–H and O–H groups in total. The summed E-state index contributed by atoms with van der Waals surface area (Å²) in [5.74, 6) is 1.02. The summed E-state index contributed by atoms with van der Waals surface area (Å²) in [5.41, 5.74) is 1.32. The lowest BCUT2D eigenvalue weighted by atomic mass is 9.84. The molecular weight excluding hydrogens is 292 g/mol. The summed E-state index contributed by atoms with van der Waals surface area (Å²) < 4.78 is 5.38. The first-order chi connectivity index (χ1) is 11.1. The fourth-order valence-corrected chi connectivity index (χ4v) is 3.56. The van der Waals surface area contributed by atoms with Crippen LogP contribution < -0.4 is 10.1 Å². The Kier molecular flexibility index (Phi) is 4.55. The van der Waals surface area contributed by atoms with Crippen LogP contribution in [0.1, 0.15) is 50.5 Å². The van der Waals surface area contributed by atoms with E-state index in [4.69, 9.17) is 4.74 Å². The number of hydrogen-bond donors (Lipinski definition) is 1. The van der Waals surface area contributed by atoms with Gasteiger partial charge in [-0.25, -0.2) is 4.79 Å². The summed E-state index contributed by atoms with van der Waals surface area (Å²) in [6, 6.07) is 7.33. The zero-order chi connectivity index (χ0) is 16.4. The van der Waals surface area contributed by atoms with E-state index in [1.54, 1.807) is 7.05 Å². The largest absolute Gasteiger partial charge is 0.415 e. The monoisotopic (exact) mass is 316 g/mol. The van der Waals surface area contributed by atoms with Gasteiger partial charge in [0.2, 0.25) is 5.91 Å². The van der Waals surface area contributed by atoms with E-state index in [2.05, 4.69) is 17.4 Å². The molecule has 0 aromatic heterocycles. The number of carbonyl (C=O) groups excluding carboxylic acids is 2. The molecule has 5 heteroatoms. The lowest BCUT2D eigenvalue weighted by molar-refractivity contribution is -0.134. The van der Waals surface area contributed by atoms with Crippen LogP contribution in [0.5, 0.6) is 5.75 Å². The Morgan fingerprint density at radius 2 is 1.83 bits per heavy atom. The molecule has 0 radical (unpaired) electrons. The topological polar surface area (TPSA) is 58.6 Å². The van der Waals surface area contributed by atoms with E-state index in [9.17, 15) is 9.59 Å². The van der Waals surface area contributed by atoms with Crippen LogP contribution in [-0.2, 0) is 4.79 Å². The number of rotatable bonds is 3. The second-order valence-electron chi connectivity index (χ2n) is 6.62. The fourth-order valence-electron chi connectivity index (χ4n) is 3.56. The van der Waals surface area contributed by atoms with Gasteiger partial charge >= 0.3 is 6.09 Å². The van der Waals surface area contributed by atoms with Gasteiger partial charge < -0.3 is 10.1 Å². The van der Waals surface area contributed by atoms with Crippen LogP contribution in [0, 0.1) is 0 Å². The first-order valence-electron chi connectivity index (χ1n) is 8.41. The molecule has 5 nitrogen and oxygen atoms in total. The molecule has 3 rings (SSSR count). The maximum atomic E-state index is 12.1. The summed E-state index contributed by atoms with van der Waals surface area (Å²) in [7, 11) is 1.60. The first kappa shape index (κ1) is 15.8. The molecule has 23 heavy (non-hydrogen) atoms. The Labute approximate surface area is 137 Å². The molecule has 1 aliphatic heterocycles. The van der Waals surface area contributed by atoms with Crippen LogP contribution in [0.2, 0.25) is 0 Å². The molecule has 1 aromatic rings. The van der Waals surface area contributed by atoms with E-state index in [1.165, 1.54) is 42.6 Å². The van der Waals surface area contributed by atoms with E-state index in [0.29, 0.717) is 11.7 Å². The van der Waals surface area contributed by atoms with Crippen molar-refractivity contribution >= 4 is 12.0 Å². The van der Waals surface area contributed by atoms with Gasteiger partial charge in [0.15, 0.2) is 0 Å². The Morgan fingerprint density at radius 1 is 1.17 bits per heavy atom. The second-order valence-corrected chi connectivity index (χ2v) is 6.62. The molecule has 1 saturated heterocycles. The Balaban J connectivity index is 1.59. The number of likely N-dealkylation sites (N-methyl/N-ethyl adjacent to an activating group) is 1. The molecule has 0 spiro atoms. The van der Waals surface area contributed by atoms with E-state index >= 15 is 0 Å². The molecule has 2 aliphatic rings. The van der Waals surface area contributed by atoms with Gasteiger partial charge in [0.25, 0.3) is 0 Å². The molecule has 1 saturated carbocycles. The summed E-state index contributed by atoms with van der Waals surface area (Å²) in [5, 5.41) is 2.71. The van der Waals surface area contributed by atoms with Crippen molar-refractivity contribution in [3.63, 3.8) is 0 Å². The highest BCUT2D eigenvalue weighted by molar-refractivity contribution is 5.92. The zero-order valence-electron chi connectivity index (χ0n) is 13.7. The fraction of sp³-hybridized carbons (Fsp3) is 0.556. The number of nitrogens with one attached hydrogen (secondary N) is 1. The van der Waals surface area contributed by atoms with E-state index in [-0.39, 0.29) is 11.9 Å². The molecule has 2 amide bonds. The van der Waals surface area contributed by atoms with Crippen LogP contribution in [0.3, 0.4) is 0 Å². The molecular formula is C18H24N2O3. The molecule has 1 heterocycles. The average molecular weight is 316 g/mol. The van der Waals surface area contributed by atoms with Gasteiger partial charge in [-0.05, 0) is 43.4 Å². The highest BCUT2D eigenvalue weighted by Gasteiger charge is 2.41. The SMILES string of the molecule is C[C@@H]1NC(=O)[C@H]1N(C)C(=O)Oc1ccc(C2CCCCC2)cc1. The van der Waals surface area contributed by atoms with Gasteiger partial charge in [-0.2, -0.15) is 0 Å². The second kappa shape index (κ2) is 6.60. The van der Waals surface area contributed by atoms with Gasteiger partial charge in [-0.15, -0.1) is 0 Å². The minimum Gasteiger partial charge on any atom is -0.410 e. The minimum absolute atomic E-state index is 0.0336. The molecule has 1 aliphatic carbocycles. The highest BCUT2D eigenvalue weighted by Crippen LogP contribution is 2.33. The lowest BCUT2D eigenvalue weighted by Gasteiger charge is -2.39. The standard InChI is InChI=1S/C18H24N2O3/c1-12-16(17(21)19-12)20(2)18(22)23-15-10-8-14(9-11-15)13-6-4-3-5-7-13/h8-13,16H,3-7H2,1-2H3,(H,19,21)/t12-,16-/m0/s1. The van der Waals surface area contributed by atoms with Crippen LogP contribution >= 0.6 is 0 Å². The smallest absolute Gasteiger partial charge is 0.410 e. The quantitative estimate of drug-likeness (QED) is 0.872. The number of carbonyl (C=O) groups is 2. The summed E-state index contributed by atoms with van der Waals surface area (Å²) in [4.78, 5) is 25.0. The normalized spacial score (nSPS) is 24.5. The van der Waals surface area contributed by atoms with E-state index in [1.807, 2.05) is 19.1 Å². The van der Waals surface area contributed by atoms with Crippen molar-refractivity contribution in [2.75, 3.05) is 7.05 Å². The maximum absolute atomic E-state index is 12.1. The summed E-state index contributed by atoms with van der Waals surface area (Å²) in [6.07, 6.45) is 5.93. The number of benzene rings is 1. The maximum Gasteiger partial charge on any atom is 0.415 e. The van der Waals surface area contributed by atoms with Crippen molar-refractivity contribution in [2.45, 2.75) is 57.0 Å². The average Bonchev–Trinajstić information content (AvgIpc) is 2.56. The van der Waals surface area contributed by atoms with E-state index < -0.39 is 12.1 Å². The lowest BCUT2D eigenvalue weighted by Crippen LogP contribution is -2.68. The molecule has 1 aromatic carbocycles. The third kappa shape index (κ3) is 3.33. The first-order valence-corrected chi connectivity index (χ1v) is 8.41. The third-order valence-electron chi connectivity index (χ3n) is 4.98. The van der Waals surface area contributed by atoms with Crippen molar-refractivity contribution in [2.24, 2.45) is 0 Å². The minimum atomic E-state index is -0.498. The van der Waals surface area contributed by atoms with Gasteiger partial charge in [0, 0.05) is 7.05 Å². The Bertz CT molecular complexity index is 578. The zero-order valence-corrected chi connectivity index (χ0v) is 13.7. The van der Waals surface area contributed by atoms with Crippen molar-refractivity contribution in [3.05, 3.63) is 29.8 Å². The Morgan fingerprint density at radius 3 is 2.39 bits per heavy atom. The number of ether oxygens (including phenoxy) is 1. The Hall–Kier alpha value is -2.04. The van der Waals surface area contributed by atoms with Crippen LogP contribution in [-0.4, -0.2) is 36.0 Å². The van der Waals surface area contributed by atoms with Crippen molar-refractivity contribution in [1.29, 1.82) is 0 Å². The van der Waals surface area contributed by atoms with Crippen molar-refractivity contribution in [3.8, 4) is 5.75 Å². The highest BCUT2D eigenvalue weighted by atomic mass is 16.6. The predicted molar refractivity (Wildman–Crippen MR) is 87.4 cm³/mol. The number of amides is 2. The van der Waals surface area contributed by atoms with Crippen LogP contribution in [0.15, 0.2) is 24.3 Å². The number of nitrogens with zero attached hydrogens (tertiary/aromatic N) is 1. The van der Waals surface area contributed by atoms with Gasteiger partial charge in [-0.1, -0.05) is 31.4 Å². The van der Waals surface area contributed by atoms with E-state index in [0.717, 1.165) is 0 Å². The predicted octanol–water partition coefficient (Wildman–Crippen LogP) is 3.05. The molecule has 0 bridgehead atoms. The summed E-state index contributed by atoms with van der Waals surface area (Å²) in [6.45, 7) is 1.87. The molecule has 2 atom stereocenters. The molecule has 0 unspecified atom stereocenters. The third-order valence-corrected chi connectivity index (χ3v) is 4.98. The molecule has 2 fully saturated rings. The number of hydrogen-bond acceptors (Lipinski definition) is 3. The van der Waals surface area contributed by atoms with Crippen LogP contribution in [0.4, 0.5) is 4.79 Å². The van der Waals surface area contributed by atoms with Gasteiger partial charge in [-0.3, -0.25) is 9.69 Å². The number of β-lactam (4-membered cyclic amide) rings is 1. The van der Waals surface area contributed by atoms with Crippen molar-refractivity contribution in [1.82, 2.24) is 10.2 Å². The van der Waals surface area contributed by atoms with Crippen LogP contribution in [0.25, 0.3) is 0 Å². The van der Waals surface area contributed by atoms with Gasteiger partial charge in [0.1, 0.15) is 11.8 Å². The molecule has 124 valence electrons. The summed E-state index contributed by atoms with van der Waals surface area (Å²) >= 11 is 0. The van der Waals surface area contributed by atoms with Gasteiger partial charge in [0.05, 0.1) is 6.04 Å². The van der Waals surface area contributed by atoms with Crippen molar-refractivity contribution < 1.29 is 14.3 Å².